The van der Waals surface area contributed by atoms with E-state index in [0.29, 0.717) is 19.5 Å². The van der Waals surface area contributed by atoms with Gasteiger partial charge in [-0.25, -0.2) is 0 Å². The first-order valence-corrected chi connectivity index (χ1v) is 8.32. The van der Waals surface area contributed by atoms with Gasteiger partial charge in [-0.3, -0.25) is 9.59 Å². The van der Waals surface area contributed by atoms with E-state index in [-0.39, 0.29) is 24.2 Å². The summed E-state index contributed by atoms with van der Waals surface area (Å²) >= 11 is 0. The molecule has 1 aromatic rings. The number of benzene rings is 1. The molecule has 4 N–H and O–H groups in total. The van der Waals surface area contributed by atoms with Gasteiger partial charge in [0.25, 0.3) is 0 Å². The van der Waals surface area contributed by atoms with Gasteiger partial charge in [0.2, 0.25) is 11.8 Å². The van der Waals surface area contributed by atoms with E-state index in [2.05, 4.69) is 10.6 Å². The van der Waals surface area contributed by atoms with Crippen molar-refractivity contribution in [1.29, 1.82) is 0 Å². The van der Waals surface area contributed by atoms with Gasteiger partial charge in [-0.2, -0.15) is 0 Å². The highest BCUT2D eigenvalue weighted by Crippen LogP contribution is 2.38. The molecule has 1 fully saturated rings. The van der Waals surface area contributed by atoms with E-state index in [1.807, 2.05) is 32.0 Å². The summed E-state index contributed by atoms with van der Waals surface area (Å²) in [6.07, 6.45) is 3.97. The van der Waals surface area contributed by atoms with Crippen molar-refractivity contribution in [3.8, 4) is 0 Å². The van der Waals surface area contributed by atoms with Crippen molar-refractivity contribution in [2.45, 2.75) is 46.0 Å². The number of carbonyl (C=O) groups is 2. The smallest absolute Gasteiger partial charge is 0.232 e. The summed E-state index contributed by atoms with van der Waals surface area (Å²) in [7, 11) is 0. The summed E-state index contributed by atoms with van der Waals surface area (Å²) in [5.41, 5.74) is 8.07. The Morgan fingerprint density at radius 1 is 1.17 bits per heavy atom. The zero-order valence-electron chi connectivity index (χ0n) is 14.5. The maximum atomic E-state index is 12.8. The third-order valence-electron chi connectivity index (χ3n) is 4.80. The molecule has 0 aromatic heterocycles. The Labute approximate surface area is 150 Å². The highest BCUT2D eigenvalue weighted by molar-refractivity contribution is 5.96. The van der Waals surface area contributed by atoms with Gasteiger partial charge in [0.1, 0.15) is 0 Å². The van der Waals surface area contributed by atoms with Gasteiger partial charge >= 0.3 is 0 Å². The van der Waals surface area contributed by atoms with E-state index in [1.54, 1.807) is 0 Å². The van der Waals surface area contributed by atoms with Crippen molar-refractivity contribution in [3.05, 3.63) is 29.3 Å². The molecule has 134 valence electrons. The second-order valence-electron chi connectivity index (χ2n) is 6.56. The molecular formula is C18H28ClN3O2. The van der Waals surface area contributed by atoms with Crippen LogP contribution in [0.4, 0.5) is 5.69 Å². The predicted molar refractivity (Wildman–Crippen MR) is 99.4 cm³/mol. The Kier molecular flexibility index (Phi) is 7.70. The van der Waals surface area contributed by atoms with E-state index in [0.717, 1.165) is 36.9 Å². The number of carbonyl (C=O) groups excluding carboxylic acids is 2. The first-order valence-electron chi connectivity index (χ1n) is 8.32. The fraction of sp³-hybridized carbons (Fsp3) is 0.556. The normalized spacial score (nSPS) is 15.5. The lowest BCUT2D eigenvalue weighted by Crippen LogP contribution is -2.44. The molecule has 1 aromatic carbocycles. The SMILES string of the molecule is Cc1ccc(NC(=O)C2(CNC(=O)CCN)CCCC2)cc1C.Cl. The minimum atomic E-state index is -0.497. The molecule has 2 amide bonds. The Morgan fingerprint density at radius 3 is 2.42 bits per heavy atom. The number of nitrogens with two attached hydrogens (primary N) is 1. The monoisotopic (exact) mass is 353 g/mol. The highest BCUT2D eigenvalue weighted by Gasteiger charge is 2.41. The lowest BCUT2D eigenvalue weighted by atomic mass is 9.84. The highest BCUT2D eigenvalue weighted by atomic mass is 35.5. The molecule has 1 aliphatic rings. The van der Waals surface area contributed by atoms with Crippen LogP contribution in [0, 0.1) is 19.3 Å². The van der Waals surface area contributed by atoms with Crippen molar-refractivity contribution >= 4 is 29.9 Å². The first kappa shape index (κ1) is 20.5. The standard InChI is InChI=1S/C18H27N3O2.ClH/c1-13-5-6-15(11-14(13)2)21-17(23)18(8-3-4-9-18)12-20-16(22)7-10-19;/h5-6,11H,3-4,7-10,12,19H2,1-2H3,(H,20,22)(H,21,23);1H. The van der Waals surface area contributed by atoms with Crippen LogP contribution in [0.5, 0.6) is 0 Å². The van der Waals surface area contributed by atoms with Crippen LogP contribution in [0.3, 0.4) is 0 Å². The molecule has 0 bridgehead atoms. The van der Waals surface area contributed by atoms with Crippen LogP contribution in [0.2, 0.25) is 0 Å². The summed E-state index contributed by atoms with van der Waals surface area (Å²) in [5, 5.41) is 5.91. The second kappa shape index (κ2) is 9.04. The minimum Gasteiger partial charge on any atom is -0.355 e. The van der Waals surface area contributed by atoms with Gasteiger partial charge in [-0.05, 0) is 49.9 Å². The fourth-order valence-electron chi connectivity index (χ4n) is 3.11. The van der Waals surface area contributed by atoms with Crippen molar-refractivity contribution in [1.82, 2.24) is 5.32 Å². The number of halogens is 1. The topological polar surface area (TPSA) is 84.2 Å². The molecule has 24 heavy (non-hydrogen) atoms. The molecule has 0 unspecified atom stereocenters. The maximum Gasteiger partial charge on any atom is 0.232 e. The average molecular weight is 354 g/mol. The molecule has 0 aliphatic heterocycles. The summed E-state index contributed by atoms with van der Waals surface area (Å²) in [6.45, 7) is 4.80. The van der Waals surface area contributed by atoms with Crippen LogP contribution in [-0.2, 0) is 9.59 Å². The second-order valence-corrected chi connectivity index (χ2v) is 6.56. The molecule has 0 heterocycles. The molecule has 0 atom stereocenters. The molecular weight excluding hydrogens is 326 g/mol. The molecule has 5 nitrogen and oxygen atoms in total. The van der Waals surface area contributed by atoms with Crippen molar-refractivity contribution in [3.63, 3.8) is 0 Å². The van der Waals surface area contributed by atoms with E-state index in [9.17, 15) is 9.59 Å². The van der Waals surface area contributed by atoms with E-state index in [1.165, 1.54) is 5.56 Å². The van der Waals surface area contributed by atoms with Crippen molar-refractivity contribution in [2.24, 2.45) is 11.1 Å². The zero-order valence-corrected chi connectivity index (χ0v) is 15.3. The van der Waals surface area contributed by atoms with E-state index >= 15 is 0 Å². The van der Waals surface area contributed by atoms with Crippen molar-refractivity contribution < 1.29 is 9.59 Å². The van der Waals surface area contributed by atoms with Gasteiger partial charge < -0.3 is 16.4 Å². The van der Waals surface area contributed by atoms with Gasteiger partial charge in [-0.1, -0.05) is 18.9 Å². The third kappa shape index (κ3) is 4.95. The predicted octanol–water partition coefficient (Wildman–Crippen LogP) is 2.69. The average Bonchev–Trinajstić information content (AvgIpc) is 2.99. The lowest BCUT2D eigenvalue weighted by Gasteiger charge is -2.28. The van der Waals surface area contributed by atoms with E-state index < -0.39 is 5.41 Å². The fourth-order valence-corrected chi connectivity index (χ4v) is 3.11. The number of rotatable bonds is 6. The zero-order chi connectivity index (χ0) is 16.9. The van der Waals surface area contributed by atoms with Crippen LogP contribution in [0.1, 0.15) is 43.2 Å². The van der Waals surface area contributed by atoms with Gasteiger partial charge in [0.15, 0.2) is 0 Å². The van der Waals surface area contributed by atoms with Gasteiger partial charge in [-0.15, -0.1) is 12.4 Å². The number of nitrogens with one attached hydrogen (secondary N) is 2. The van der Waals surface area contributed by atoms with Gasteiger partial charge in [0, 0.05) is 25.2 Å². The Hall–Kier alpha value is -1.59. The summed E-state index contributed by atoms with van der Waals surface area (Å²) in [6, 6.07) is 5.92. The molecule has 0 radical (unpaired) electrons. The molecule has 1 saturated carbocycles. The number of hydrogen-bond donors (Lipinski definition) is 3. The number of anilines is 1. The van der Waals surface area contributed by atoms with Crippen LogP contribution in [0.25, 0.3) is 0 Å². The van der Waals surface area contributed by atoms with Crippen LogP contribution in [0.15, 0.2) is 18.2 Å². The summed E-state index contributed by atoms with van der Waals surface area (Å²) in [5.74, 6) is -0.0796. The van der Waals surface area contributed by atoms with Crippen LogP contribution < -0.4 is 16.4 Å². The minimum absolute atomic E-state index is 0. The quantitative estimate of drug-likeness (QED) is 0.735. The third-order valence-corrected chi connectivity index (χ3v) is 4.80. The maximum absolute atomic E-state index is 12.8. The number of amides is 2. The summed E-state index contributed by atoms with van der Waals surface area (Å²) in [4.78, 5) is 24.5. The van der Waals surface area contributed by atoms with Crippen LogP contribution >= 0.6 is 12.4 Å². The number of hydrogen-bond acceptors (Lipinski definition) is 3. The van der Waals surface area contributed by atoms with E-state index in [4.69, 9.17) is 5.73 Å². The Bertz CT molecular complexity index is 584. The first-order chi connectivity index (χ1) is 11.0. The Morgan fingerprint density at radius 2 is 1.83 bits per heavy atom. The van der Waals surface area contributed by atoms with Gasteiger partial charge in [0.05, 0.1) is 5.41 Å². The molecule has 1 aliphatic carbocycles. The largest absolute Gasteiger partial charge is 0.355 e. The van der Waals surface area contributed by atoms with Crippen molar-refractivity contribution in [2.75, 3.05) is 18.4 Å². The number of aryl methyl sites for hydroxylation is 2. The summed E-state index contributed by atoms with van der Waals surface area (Å²) < 4.78 is 0. The molecule has 0 spiro atoms. The molecule has 2 rings (SSSR count). The Balaban J connectivity index is 0.00000288. The molecule has 6 heteroatoms. The van der Waals surface area contributed by atoms with Crippen LogP contribution in [-0.4, -0.2) is 24.9 Å². The lowest BCUT2D eigenvalue weighted by molar-refractivity contribution is -0.126. The molecule has 0 saturated heterocycles.